The summed E-state index contributed by atoms with van der Waals surface area (Å²) in [6.45, 7) is 5.79. The molecule has 2 amide bonds. The molecule has 1 aliphatic heterocycles. The van der Waals surface area contributed by atoms with Crippen LogP contribution in [0, 0.1) is 6.92 Å². The molecule has 0 spiro atoms. The maximum absolute atomic E-state index is 12.9. The first kappa shape index (κ1) is 22.4. The SMILES string of the molecule is Cc1ccc(C(=O)Nc2cccc(O)c2NC(=O)c2ccc(N3CCCNCC3)cc2)cc1. The van der Waals surface area contributed by atoms with Gasteiger partial charge in [-0.1, -0.05) is 23.8 Å². The number of nitrogens with zero attached hydrogens (tertiary/aromatic N) is 1. The first-order chi connectivity index (χ1) is 16.0. The van der Waals surface area contributed by atoms with Crippen molar-refractivity contribution in [2.24, 2.45) is 0 Å². The van der Waals surface area contributed by atoms with Gasteiger partial charge in [0.15, 0.2) is 0 Å². The predicted octanol–water partition coefficient (Wildman–Crippen LogP) is 4.00. The number of hydrogen-bond acceptors (Lipinski definition) is 5. The summed E-state index contributed by atoms with van der Waals surface area (Å²) in [6, 6.07) is 19.3. The lowest BCUT2D eigenvalue weighted by atomic mass is 10.1. The van der Waals surface area contributed by atoms with Crippen LogP contribution in [0.1, 0.15) is 32.7 Å². The second-order valence-electron chi connectivity index (χ2n) is 8.11. The van der Waals surface area contributed by atoms with Gasteiger partial charge in [0.1, 0.15) is 11.4 Å². The Labute approximate surface area is 193 Å². The van der Waals surface area contributed by atoms with E-state index in [0.29, 0.717) is 16.8 Å². The molecule has 3 aromatic rings. The minimum Gasteiger partial charge on any atom is -0.506 e. The van der Waals surface area contributed by atoms with Crippen LogP contribution in [0.2, 0.25) is 0 Å². The number of phenols is 1. The highest BCUT2D eigenvalue weighted by atomic mass is 16.3. The van der Waals surface area contributed by atoms with Gasteiger partial charge in [-0.25, -0.2) is 0 Å². The first-order valence-corrected chi connectivity index (χ1v) is 11.1. The number of aryl methyl sites for hydroxylation is 1. The van der Waals surface area contributed by atoms with Crippen molar-refractivity contribution in [2.45, 2.75) is 13.3 Å². The Morgan fingerprint density at radius 3 is 2.24 bits per heavy atom. The molecule has 170 valence electrons. The summed E-state index contributed by atoms with van der Waals surface area (Å²) < 4.78 is 0. The maximum atomic E-state index is 12.9. The largest absolute Gasteiger partial charge is 0.506 e. The fourth-order valence-electron chi connectivity index (χ4n) is 3.79. The number of anilines is 3. The van der Waals surface area contributed by atoms with Gasteiger partial charge in [0.2, 0.25) is 0 Å². The predicted molar refractivity (Wildman–Crippen MR) is 131 cm³/mol. The molecular weight excluding hydrogens is 416 g/mol. The molecule has 1 aliphatic rings. The lowest BCUT2D eigenvalue weighted by Gasteiger charge is -2.22. The molecule has 33 heavy (non-hydrogen) atoms. The number of carbonyl (C=O) groups is 2. The number of carbonyl (C=O) groups excluding carboxylic acids is 2. The van der Waals surface area contributed by atoms with Crippen molar-refractivity contribution in [1.82, 2.24) is 5.32 Å². The molecule has 0 atom stereocenters. The normalized spacial score (nSPS) is 13.8. The monoisotopic (exact) mass is 444 g/mol. The van der Waals surface area contributed by atoms with E-state index >= 15 is 0 Å². The molecule has 0 unspecified atom stereocenters. The topological polar surface area (TPSA) is 93.7 Å². The summed E-state index contributed by atoms with van der Waals surface area (Å²) in [7, 11) is 0. The third-order valence-electron chi connectivity index (χ3n) is 5.68. The van der Waals surface area contributed by atoms with E-state index in [4.69, 9.17) is 0 Å². The molecular formula is C26H28N4O3. The molecule has 1 heterocycles. The highest BCUT2D eigenvalue weighted by Crippen LogP contribution is 2.32. The number of benzene rings is 3. The van der Waals surface area contributed by atoms with Gasteiger partial charge < -0.3 is 26.0 Å². The molecule has 3 aromatic carbocycles. The summed E-state index contributed by atoms with van der Waals surface area (Å²) in [6.07, 6.45) is 1.08. The summed E-state index contributed by atoms with van der Waals surface area (Å²) in [5.74, 6) is -0.822. The third kappa shape index (κ3) is 5.51. The smallest absolute Gasteiger partial charge is 0.255 e. The van der Waals surface area contributed by atoms with E-state index < -0.39 is 0 Å². The van der Waals surface area contributed by atoms with E-state index in [1.807, 2.05) is 31.2 Å². The van der Waals surface area contributed by atoms with Crippen LogP contribution in [0.15, 0.2) is 66.7 Å². The number of amides is 2. The highest BCUT2D eigenvalue weighted by Gasteiger charge is 2.16. The molecule has 0 bridgehead atoms. The summed E-state index contributed by atoms with van der Waals surface area (Å²) in [5, 5.41) is 19.3. The number of phenolic OH excluding ortho intramolecular Hbond substituents is 1. The van der Waals surface area contributed by atoms with Crippen molar-refractivity contribution in [3.8, 4) is 5.75 Å². The second kappa shape index (κ2) is 10.2. The Kier molecular flexibility index (Phi) is 6.90. The van der Waals surface area contributed by atoms with Crippen LogP contribution in [-0.2, 0) is 0 Å². The van der Waals surface area contributed by atoms with Crippen LogP contribution >= 0.6 is 0 Å². The van der Waals surface area contributed by atoms with Crippen molar-refractivity contribution in [1.29, 1.82) is 0 Å². The van der Waals surface area contributed by atoms with Gasteiger partial charge in [-0.15, -0.1) is 0 Å². The van der Waals surface area contributed by atoms with E-state index in [1.54, 1.807) is 36.4 Å². The van der Waals surface area contributed by atoms with Gasteiger partial charge in [0, 0.05) is 36.4 Å². The third-order valence-corrected chi connectivity index (χ3v) is 5.68. The minimum absolute atomic E-state index is 0.126. The number of para-hydroxylation sites is 1. The van der Waals surface area contributed by atoms with E-state index in [2.05, 4.69) is 20.9 Å². The molecule has 0 saturated carbocycles. The lowest BCUT2D eigenvalue weighted by Crippen LogP contribution is -2.27. The molecule has 0 aromatic heterocycles. The van der Waals surface area contributed by atoms with Crippen LogP contribution in [0.5, 0.6) is 5.75 Å². The molecule has 1 fully saturated rings. The van der Waals surface area contributed by atoms with Crippen LogP contribution in [0.3, 0.4) is 0 Å². The summed E-state index contributed by atoms with van der Waals surface area (Å²) in [5.41, 5.74) is 3.55. The first-order valence-electron chi connectivity index (χ1n) is 11.1. The van der Waals surface area contributed by atoms with Crippen molar-refractivity contribution in [3.05, 3.63) is 83.4 Å². The van der Waals surface area contributed by atoms with E-state index in [1.165, 1.54) is 6.07 Å². The number of nitrogens with one attached hydrogen (secondary N) is 3. The summed E-state index contributed by atoms with van der Waals surface area (Å²) in [4.78, 5) is 27.8. The van der Waals surface area contributed by atoms with Crippen molar-refractivity contribution < 1.29 is 14.7 Å². The fraction of sp³-hybridized carbons (Fsp3) is 0.231. The van der Waals surface area contributed by atoms with Crippen LogP contribution in [0.25, 0.3) is 0 Å². The molecule has 4 rings (SSSR count). The molecule has 1 saturated heterocycles. The van der Waals surface area contributed by atoms with Crippen molar-refractivity contribution in [2.75, 3.05) is 41.7 Å². The Hall–Kier alpha value is -3.84. The maximum Gasteiger partial charge on any atom is 0.255 e. The van der Waals surface area contributed by atoms with E-state index in [0.717, 1.165) is 43.9 Å². The van der Waals surface area contributed by atoms with Gasteiger partial charge in [-0.2, -0.15) is 0 Å². The van der Waals surface area contributed by atoms with Gasteiger partial charge >= 0.3 is 0 Å². The van der Waals surface area contributed by atoms with Crippen LogP contribution in [-0.4, -0.2) is 43.1 Å². The molecule has 0 radical (unpaired) electrons. The Balaban J connectivity index is 1.48. The molecule has 4 N–H and O–H groups in total. The van der Waals surface area contributed by atoms with Gasteiger partial charge in [-0.05, 0) is 68.4 Å². The molecule has 7 heteroatoms. The quantitative estimate of drug-likeness (QED) is 0.446. The average Bonchev–Trinajstić information content (AvgIpc) is 3.11. The Morgan fingerprint density at radius 2 is 1.52 bits per heavy atom. The van der Waals surface area contributed by atoms with E-state index in [9.17, 15) is 14.7 Å². The second-order valence-corrected chi connectivity index (χ2v) is 8.11. The van der Waals surface area contributed by atoms with Crippen LogP contribution < -0.4 is 20.9 Å². The van der Waals surface area contributed by atoms with Gasteiger partial charge in [-0.3, -0.25) is 9.59 Å². The van der Waals surface area contributed by atoms with Gasteiger partial charge in [0.05, 0.1) is 5.69 Å². The highest BCUT2D eigenvalue weighted by molar-refractivity contribution is 6.11. The van der Waals surface area contributed by atoms with Crippen molar-refractivity contribution >= 4 is 28.9 Å². The molecule has 7 nitrogen and oxygen atoms in total. The standard InChI is InChI=1S/C26H28N4O3/c1-18-6-8-19(9-7-18)25(32)28-22-4-2-5-23(31)24(22)29-26(33)20-10-12-21(13-11-20)30-16-3-14-27-15-17-30/h2,4-13,27,31H,3,14-17H2,1H3,(H,28,32)(H,29,33). The fourth-order valence-corrected chi connectivity index (χ4v) is 3.79. The number of rotatable bonds is 5. The van der Waals surface area contributed by atoms with Crippen LogP contribution in [0.4, 0.5) is 17.1 Å². The summed E-state index contributed by atoms with van der Waals surface area (Å²) >= 11 is 0. The molecule has 0 aliphatic carbocycles. The average molecular weight is 445 g/mol. The zero-order chi connectivity index (χ0) is 23.2. The Morgan fingerprint density at radius 1 is 0.848 bits per heavy atom. The minimum atomic E-state index is -0.369. The van der Waals surface area contributed by atoms with Crippen molar-refractivity contribution in [3.63, 3.8) is 0 Å². The number of hydrogen-bond donors (Lipinski definition) is 4. The van der Waals surface area contributed by atoms with Gasteiger partial charge in [0.25, 0.3) is 11.8 Å². The Bertz CT molecular complexity index is 1120. The lowest BCUT2D eigenvalue weighted by molar-refractivity contribution is 0.101. The van der Waals surface area contributed by atoms with E-state index in [-0.39, 0.29) is 23.3 Å². The number of aromatic hydroxyl groups is 1. The zero-order valence-electron chi connectivity index (χ0n) is 18.6. The zero-order valence-corrected chi connectivity index (χ0v) is 18.6.